The molecule has 1 aliphatic carbocycles. The van der Waals surface area contributed by atoms with Crippen LogP contribution in [0.5, 0.6) is 0 Å². The van der Waals surface area contributed by atoms with Gasteiger partial charge in [0.05, 0.1) is 0 Å². The van der Waals surface area contributed by atoms with E-state index in [1.54, 1.807) is 36.2 Å². The minimum absolute atomic E-state index is 0.0720. The molecule has 1 aliphatic rings. The van der Waals surface area contributed by atoms with Gasteiger partial charge < -0.3 is 21.3 Å². The molecule has 6 nitrogen and oxygen atoms in total. The smallest absolute Gasteiger partial charge is 0.319 e. The maximum Gasteiger partial charge on any atom is 0.319 e. The average molecular weight is 332 g/mol. The Morgan fingerprint density at radius 2 is 2.04 bits per heavy atom. The van der Waals surface area contributed by atoms with E-state index in [1.807, 2.05) is 0 Å². The van der Waals surface area contributed by atoms with E-state index in [1.165, 1.54) is 0 Å². The predicted molar refractivity (Wildman–Crippen MR) is 96.0 cm³/mol. The van der Waals surface area contributed by atoms with Crippen molar-refractivity contribution in [2.24, 2.45) is 11.7 Å². The number of urea groups is 1. The monoisotopic (exact) mass is 332 g/mol. The molecule has 3 amide bonds. The largest absolute Gasteiger partial charge is 0.342 e. The minimum atomic E-state index is -0.224. The molecule has 0 saturated heterocycles. The summed E-state index contributed by atoms with van der Waals surface area (Å²) in [5.74, 6) is 0.322. The summed E-state index contributed by atoms with van der Waals surface area (Å²) in [6.07, 6.45) is 2.84. The third kappa shape index (κ3) is 5.53. The molecule has 2 rings (SSSR count). The fraction of sp³-hybridized carbons (Fsp3) is 0.556. The standard InChI is InChI=1S/C18H28N4O2/c1-12(2)16(19)9-10-22(3)17(23)13-5-4-6-15(11-13)21-18(24)20-14-7-8-14/h4-6,11-12,14,16H,7-10,19H2,1-3H3,(H2,20,21,24). The van der Waals surface area contributed by atoms with Crippen molar-refractivity contribution in [3.8, 4) is 0 Å². The maximum absolute atomic E-state index is 12.5. The van der Waals surface area contributed by atoms with Crippen molar-refractivity contribution in [3.05, 3.63) is 29.8 Å². The molecule has 6 heteroatoms. The lowest BCUT2D eigenvalue weighted by atomic mass is 10.0. The Labute approximate surface area is 143 Å². The number of carbonyl (C=O) groups excluding carboxylic acids is 2. The zero-order valence-electron chi connectivity index (χ0n) is 14.7. The van der Waals surface area contributed by atoms with E-state index < -0.39 is 0 Å². The lowest BCUT2D eigenvalue weighted by Gasteiger charge is -2.21. The van der Waals surface area contributed by atoms with Crippen molar-refractivity contribution in [2.75, 3.05) is 18.9 Å². The lowest BCUT2D eigenvalue weighted by Crippen LogP contribution is -2.34. The van der Waals surface area contributed by atoms with E-state index in [9.17, 15) is 9.59 Å². The van der Waals surface area contributed by atoms with Gasteiger partial charge in [-0.15, -0.1) is 0 Å². The van der Waals surface area contributed by atoms with Crippen molar-refractivity contribution < 1.29 is 9.59 Å². The average Bonchev–Trinajstić information content (AvgIpc) is 3.35. The summed E-state index contributed by atoms with van der Waals surface area (Å²) < 4.78 is 0. The highest BCUT2D eigenvalue weighted by atomic mass is 16.2. The number of amides is 3. The first-order chi connectivity index (χ1) is 11.4. The molecule has 0 heterocycles. The maximum atomic E-state index is 12.5. The molecule has 1 aromatic carbocycles. The summed E-state index contributed by atoms with van der Waals surface area (Å²) in [5.41, 5.74) is 7.21. The van der Waals surface area contributed by atoms with Gasteiger partial charge >= 0.3 is 6.03 Å². The first kappa shape index (κ1) is 18.3. The molecule has 1 unspecified atom stereocenters. The molecule has 4 N–H and O–H groups in total. The van der Waals surface area contributed by atoms with Gasteiger partial charge in [0.1, 0.15) is 0 Å². The SMILES string of the molecule is CC(C)C(N)CCN(C)C(=O)c1cccc(NC(=O)NC2CC2)c1. The quantitative estimate of drug-likeness (QED) is 0.716. The van der Waals surface area contributed by atoms with E-state index in [0.29, 0.717) is 29.8 Å². The van der Waals surface area contributed by atoms with Crippen molar-refractivity contribution in [2.45, 2.75) is 45.2 Å². The van der Waals surface area contributed by atoms with Crippen LogP contribution in [0.1, 0.15) is 43.5 Å². The van der Waals surface area contributed by atoms with Gasteiger partial charge in [0, 0.05) is 36.9 Å². The summed E-state index contributed by atoms with van der Waals surface area (Å²) in [4.78, 5) is 26.0. The number of nitrogens with two attached hydrogens (primary N) is 1. The van der Waals surface area contributed by atoms with Crippen LogP contribution in [-0.4, -0.2) is 42.5 Å². The summed E-state index contributed by atoms with van der Waals surface area (Å²) >= 11 is 0. The number of nitrogens with zero attached hydrogens (tertiary/aromatic N) is 1. The Morgan fingerprint density at radius 1 is 1.33 bits per heavy atom. The highest BCUT2D eigenvalue weighted by Gasteiger charge is 2.23. The van der Waals surface area contributed by atoms with E-state index in [0.717, 1.165) is 19.3 Å². The summed E-state index contributed by atoms with van der Waals surface area (Å²) in [6.45, 7) is 4.76. The van der Waals surface area contributed by atoms with Crippen LogP contribution in [0.4, 0.5) is 10.5 Å². The van der Waals surface area contributed by atoms with Crippen LogP contribution in [0.2, 0.25) is 0 Å². The van der Waals surface area contributed by atoms with Crippen LogP contribution in [0.25, 0.3) is 0 Å². The molecule has 24 heavy (non-hydrogen) atoms. The van der Waals surface area contributed by atoms with E-state index in [2.05, 4.69) is 24.5 Å². The fourth-order valence-electron chi connectivity index (χ4n) is 2.31. The van der Waals surface area contributed by atoms with Crippen LogP contribution in [0.3, 0.4) is 0 Å². The third-order valence-electron chi connectivity index (χ3n) is 4.28. The van der Waals surface area contributed by atoms with E-state index in [4.69, 9.17) is 5.73 Å². The van der Waals surface area contributed by atoms with Crippen molar-refractivity contribution in [1.82, 2.24) is 10.2 Å². The molecule has 1 atom stereocenters. The first-order valence-corrected chi connectivity index (χ1v) is 8.55. The van der Waals surface area contributed by atoms with E-state index >= 15 is 0 Å². The second-order valence-electron chi connectivity index (χ2n) is 6.88. The molecule has 1 saturated carbocycles. The van der Waals surface area contributed by atoms with Gasteiger partial charge in [-0.1, -0.05) is 19.9 Å². The van der Waals surface area contributed by atoms with Crippen molar-refractivity contribution in [3.63, 3.8) is 0 Å². The van der Waals surface area contributed by atoms with Gasteiger partial charge in [0.2, 0.25) is 0 Å². The Kier molecular flexibility index (Phi) is 6.20. The molecule has 132 valence electrons. The van der Waals surface area contributed by atoms with Crippen LogP contribution < -0.4 is 16.4 Å². The highest BCUT2D eigenvalue weighted by Crippen LogP contribution is 2.19. The van der Waals surface area contributed by atoms with Crippen molar-refractivity contribution in [1.29, 1.82) is 0 Å². The predicted octanol–water partition coefficient (Wildman–Crippen LogP) is 2.42. The second-order valence-corrected chi connectivity index (χ2v) is 6.88. The van der Waals surface area contributed by atoms with Crippen LogP contribution in [0, 0.1) is 5.92 Å². The van der Waals surface area contributed by atoms with Gasteiger partial charge in [0.25, 0.3) is 5.91 Å². The molecule has 0 aromatic heterocycles. The van der Waals surface area contributed by atoms with Gasteiger partial charge in [-0.25, -0.2) is 4.79 Å². The summed E-state index contributed by atoms with van der Waals surface area (Å²) in [7, 11) is 1.77. The molecule has 1 aromatic rings. The molecule has 0 radical (unpaired) electrons. The van der Waals surface area contributed by atoms with Crippen LogP contribution >= 0.6 is 0 Å². The molecular weight excluding hydrogens is 304 g/mol. The number of carbonyl (C=O) groups is 2. The topological polar surface area (TPSA) is 87.5 Å². The van der Waals surface area contributed by atoms with Crippen molar-refractivity contribution >= 4 is 17.6 Å². The molecule has 1 fully saturated rings. The zero-order valence-corrected chi connectivity index (χ0v) is 14.7. The number of nitrogens with one attached hydrogen (secondary N) is 2. The summed E-state index contributed by atoms with van der Waals surface area (Å²) in [6, 6.07) is 7.16. The zero-order chi connectivity index (χ0) is 17.7. The summed E-state index contributed by atoms with van der Waals surface area (Å²) in [5, 5.41) is 5.63. The van der Waals surface area contributed by atoms with Gasteiger partial charge in [-0.2, -0.15) is 0 Å². The molecule has 0 spiro atoms. The van der Waals surface area contributed by atoms with Gasteiger partial charge in [0.15, 0.2) is 0 Å². The normalized spacial score (nSPS) is 15.0. The Morgan fingerprint density at radius 3 is 2.67 bits per heavy atom. The second kappa shape index (κ2) is 8.15. The van der Waals surface area contributed by atoms with Gasteiger partial charge in [-0.05, 0) is 43.4 Å². The molecule has 0 aliphatic heterocycles. The Hall–Kier alpha value is -2.08. The number of rotatable bonds is 7. The fourth-order valence-corrected chi connectivity index (χ4v) is 2.31. The first-order valence-electron chi connectivity index (χ1n) is 8.55. The number of benzene rings is 1. The Balaban J connectivity index is 1.91. The van der Waals surface area contributed by atoms with Crippen LogP contribution in [-0.2, 0) is 0 Å². The highest BCUT2D eigenvalue weighted by molar-refractivity contribution is 5.96. The third-order valence-corrected chi connectivity index (χ3v) is 4.28. The lowest BCUT2D eigenvalue weighted by molar-refractivity contribution is 0.0789. The Bertz CT molecular complexity index is 584. The number of hydrogen-bond donors (Lipinski definition) is 3. The van der Waals surface area contributed by atoms with E-state index in [-0.39, 0.29) is 18.0 Å². The van der Waals surface area contributed by atoms with Gasteiger partial charge in [-0.3, -0.25) is 4.79 Å². The van der Waals surface area contributed by atoms with Crippen LogP contribution in [0.15, 0.2) is 24.3 Å². The molecule has 0 bridgehead atoms. The number of anilines is 1. The minimum Gasteiger partial charge on any atom is -0.342 e. The molecular formula is C18H28N4O2. The number of hydrogen-bond acceptors (Lipinski definition) is 3.